The Hall–Kier alpha value is -0.480. The zero-order chi connectivity index (χ0) is 8.97. The molecule has 0 saturated carbocycles. The van der Waals surface area contributed by atoms with E-state index in [0.717, 1.165) is 11.5 Å². The van der Waals surface area contributed by atoms with Gasteiger partial charge in [0.25, 0.3) is 0 Å². The van der Waals surface area contributed by atoms with Crippen molar-refractivity contribution < 1.29 is 9.63 Å². The summed E-state index contributed by atoms with van der Waals surface area (Å²) in [6, 6.07) is 1.84. The predicted molar refractivity (Wildman–Crippen MR) is 48.9 cm³/mol. The fourth-order valence-electron chi connectivity index (χ4n) is 0.669. The lowest BCUT2D eigenvalue weighted by Crippen LogP contribution is -2.15. The first kappa shape index (κ1) is 9.61. The standard InChI is InChI=1S/C8H13NO2S/c1-6(10)7(2)12-5-8-3-4-9-11-8/h3-4,6-7,10H,5H2,1-2H3. The molecule has 0 aliphatic carbocycles. The highest BCUT2D eigenvalue weighted by Crippen LogP contribution is 2.19. The maximum absolute atomic E-state index is 9.18. The highest BCUT2D eigenvalue weighted by atomic mass is 32.2. The van der Waals surface area contributed by atoms with Crippen molar-refractivity contribution in [2.45, 2.75) is 31.0 Å². The van der Waals surface area contributed by atoms with Crippen molar-refractivity contribution in [1.29, 1.82) is 0 Å². The molecule has 0 amide bonds. The fourth-order valence-corrected chi connectivity index (χ4v) is 1.52. The summed E-state index contributed by atoms with van der Waals surface area (Å²) >= 11 is 1.66. The van der Waals surface area contributed by atoms with Gasteiger partial charge in [-0.1, -0.05) is 12.1 Å². The van der Waals surface area contributed by atoms with Gasteiger partial charge in [-0.3, -0.25) is 0 Å². The Balaban J connectivity index is 2.27. The van der Waals surface area contributed by atoms with Gasteiger partial charge in [0.2, 0.25) is 0 Å². The van der Waals surface area contributed by atoms with Crippen LogP contribution in [0.15, 0.2) is 16.8 Å². The first-order valence-electron chi connectivity index (χ1n) is 3.89. The molecule has 0 fully saturated rings. The van der Waals surface area contributed by atoms with Gasteiger partial charge in [-0.05, 0) is 6.92 Å². The zero-order valence-corrected chi connectivity index (χ0v) is 8.04. The molecule has 4 heteroatoms. The molecule has 3 nitrogen and oxygen atoms in total. The fraction of sp³-hybridized carbons (Fsp3) is 0.625. The van der Waals surface area contributed by atoms with Crippen LogP contribution in [0.5, 0.6) is 0 Å². The SMILES string of the molecule is CC(O)C(C)SCc1ccno1. The van der Waals surface area contributed by atoms with Crippen LogP contribution in [0.4, 0.5) is 0 Å². The normalized spacial score (nSPS) is 15.9. The van der Waals surface area contributed by atoms with Gasteiger partial charge in [-0.15, -0.1) is 11.8 Å². The van der Waals surface area contributed by atoms with Crippen molar-refractivity contribution in [1.82, 2.24) is 5.16 Å². The molecule has 0 radical (unpaired) electrons. The number of thioether (sulfide) groups is 1. The Morgan fingerprint density at radius 1 is 1.67 bits per heavy atom. The minimum absolute atomic E-state index is 0.232. The van der Waals surface area contributed by atoms with Gasteiger partial charge in [-0.2, -0.15) is 0 Å². The van der Waals surface area contributed by atoms with E-state index in [2.05, 4.69) is 5.16 Å². The summed E-state index contributed by atoms with van der Waals surface area (Å²) in [6.45, 7) is 3.78. The van der Waals surface area contributed by atoms with E-state index >= 15 is 0 Å². The molecule has 2 unspecified atom stereocenters. The van der Waals surface area contributed by atoms with E-state index in [0.29, 0.717) is 0 Å². The maximum Gasteiger partial charge on any atom is 0.146 e. The van der Waals surface area contributed by atoms with E-state index in [4.69, 9.17) is 4.52 Å². The Labute approximate surface area is 76.1 Å². The van der Waals surface area contributed by atoms with E-state index in [-0.39, 0.29) is 11.4 Å². The quantitative estimate of drug-likeness (QED) is 0.779. The van der Waals surface area contributed by atoms with Gasteiger partial charge >= 0.3 is 0 Å². The summed E-state index contributed by atoms with van der Waals surface area (Å²) in [5.41, 5.74) is 0. The van der Waals surface area contributed by atoms with Crippen LogP contribution in [0, 0.1) is 0 Å². The largest absolute Gasteiger partial charge is 0.392 e. The van der Waals surface area contributed by atoms with Crippen molar-refractivity contribution in [2.75, 3.05) is 0 Å². The van der Waals surface area contributed by atoms with Gasteiger partial charge in [0.15, 0.2) is 0 Å². The Morgan fingerprint density at radius 3 is 2.92 bits per heavy atom. The number of aliphatic hydroxyl groups excluding tert-OH is 1. The van der Waals surface area contributed by atoms with Crippen LogP contribution in [-0.2, 0) is 5.75 Å². The lowest BCUT2D eigenvalue weighted by Gasteiger charge is -2.12. The molecule has 2 atom stereocenters. The average molecular weight is 187 g/mol. The van der Waals surface area contributed by atoms with Crippen molar-refractivity contribution in [3.8, 4) is 0 Å². The van der Waals surface area contributed by atoms with Crippen molar-refractivity contribution >= 4 is 11.8 Å². The Bertz CT molecular complexity index is 211. The number of aromatic nitrogens is 1. The monoisotopic (exact) mass is 187 g/mol. The molecule has 0 saturated heterocycles. The van der Waals surface area contributed by atoms with Gasteiger partial charge in [-0.25, -0.2) is 0 Å². The van der Waals surface area contributed by atoms with E-state index in [1.54, 1.807) is 24.9 Å². The predicted octanol–water partition coefficient (Wildman–Crippen LogP) is 1.68. The maximum atomic E-state index is 9.18. The number of aliphatic hydroxyl groups is 1. The highest BCUT2D eigenvalue weighted by molar-refractivity contribution is 7.99. The summed E-state index contributed by atoms with van der Waals surface area (Å²) in [7, 11) is 0. The topological polar surface area (TPSA) is 46.3 Å². The Kier molecular flexibility index (Phi) is 3.62. The third kappa shape index (κ3) is 2.87. The zero-order valence-electron chi connectivity index (χ0n) is 7.23. The highest BCUT2D eigenvalue weighted by Gasteiger charge is 2.09. The summed E-state index contributed by atoms with van der Waals surface area (Å²) in [5.74, 6) is 1.62. The van der Waals surface area contributed by atoms with Crippen LogP contribution in [0.25, 0.3) is 0 Å². The van der Waals surface area contributed by atoms with E-state index in [9.17, 15) is 5.11 Å². The molecule has 0 aliphatic rings. The smallest absolute Gasteiger partial charge is 0.146 e. The van der Waals surface area contributed by atoms with E-state index in [1.165, 1.54) is 0 Å². The first-order chi connectivity index (χ1) is 5.70. The molecule has 0 aliphatic heterocycles. The summed E-state index contributed by atoms with van der Waals surface area (Å²) < 4.78 is 4.91. The molecule has 68 valence electrons. The number of nitrogens with zero attached hydrogens (tertiary/aromatic N) is 1. The molecule has 1 aromatic rings. The summed E-state index contributed by atoms with van der Waals surface area (Å²) in [4.78, 5) is 0. The average Bonchev–Trinajstić information content (AvgIpc) is 2.51. The third-order valence-electron chi connectivity index (χ3n) is 1.66. The van der Waals surface area contributed by atoms with Crippen molar-refractivity contribution in [3.05, 3.63) is 18.0 Å². The minimum atomic E-state index is -0.280. The second-order valence-electron chi connectivity index (χ2n) is 2.74. The second-order valence-corrected chi connectivity index (χ2v) is 4.10. The molecular weight excluding hydrogens is 174 g/mol. The van der Waals surface area contributed by atoms with Crippen LogP contribution in [0.1, 0.15) is 19.6 Å². The van der Waals surface area contributed by atoms with Gasteiger partial charge < -0.3 is 9.63 Å². The van der Waals surface area contributed by atoms with Crippen LogP contribution in [0.2, 0.25) is 0 Å². The molecule has 12 heavy (non-hydrogen) atoms. The molecule has 0 bridgehead atoms. The molecule has 0 spiro atoms. The van der Waals surface area contributed by atoms with Crippen LogP contribution in [0.3, 0.4) is 0 Å². The van der Waals surface area contributed by atoms with Gasteiger partial charge in [0, 0.05) is 11.3 Å². The lowest BCUT2D eigenvalue weighted by molar-refractivity contribution is 0.196. The molecule has 1 N–H and O–H groups in total. The minimum Gasteiger partial charge on any atom is -0.392 e. The van der Waals surface area contributed by atoms with Crippen LogP contribution >= 0.6 is 11.8 Å². The molecule has 1 rings (SSSR count). The van der Waals surface area contributed by atoms with E-state index in [1.807, 2.05) is 13.0 Å². The van der Waals surface area contributed by atoms with Gasteiger partial charge in [0.05, 0.1) is 18.1 Å². The first-order valence-corrected chi connectivity index (χ1v) is 4.94. The number of hydrogen-bond donors (Lipinski definition) is 1. The lowest BCUT2D eigenvalue weighted by atomic mass is 10.3. The molecular formula is C8H13NO2S. The summed E-state index contributed by atoms with van der Waals surface area (Å²) in [6.07, 6.45) is 1.35. The third-order valence-corrected chi connectivity index (χ3v) is 3.03. The van der Waals surface area contributed by atoms with Crippen LogP contribution in [-0.4, -0.2) is 21.6 Å². The molecule has 0 aromatic carbocycles. The number of hydrogen-bond acceptors (Lipinski definition) is 4. The van der Waals surface area contributed by atoms with Crippen LogP contribution < -0.4 is 0 Å². The van der Waals surface area contributed by atoms with Crippen molar-refractivity contribution in [3.63, 3.8) is 0 Å². The number of rotatable bonds is 4. The molecule has 1 heterocycles. The summed E-state index contributed by atoms with van der Waals surface area (Å²) in [5, 5.41) is 13.0. The second kappa shape index (κ2) is 4.52. The molecule has 1 aromatic heterocycles. The Morgan fingerprint density at radius 2 is 2.42 bits per heavy atom. The van der Waals surface area contributed by atoms with Crippen molar-refractivity contribution in [2.24, 2.45) is 0 Å². The van der Waals surface area contributed by atoms with E-state index < -0.39 is 0 Å². The van der Waals surface area contributed by atoms with Gasteiger partial charge in [0.1, 0.15) is 5.76 Å².